The van der Waals surface area contributed by atoms with Gasteiger partial charge in [-0.25, -0.2) is 0 Å². The first-order valence-electron chi connectivity index (χ1n) is 5.53. The van der Waals surface area contributed by atoms with Gasteiger partial charge >= 0.3 is 0 Å². The Balaban J connectivity index is 2.06. The zero-order valence-electron chi connectivity index (χ0n) is 9.08. The molecule has 0 spiro atoms. The number of rotatable bonds is 4. The van der Waals surface area contributed by atoms with Crippen LogP contribution in [0.4, 0.5) is 0 Å². The molecule has 0 saturated carbocycles. The van der Waals surface area contributed by atoms with Crippen LogP contribution in [0.2, 0.25) is 0 Å². The molecule has 2 nitrogen and oxygen atoms in total. The number of carbonyl (C=O) groups excluding carboxylic acids is 1. The Morgan fingerprint density at radius 2 is 2.53 bits per heavy atom. The maximum absolute atomic E-state index is 12.2. The highest BCUT2D eigenvalue weighted by molar-refractivity contribution is 7.10. The molecular weight excluding hydrogens is 206 g/mol. The highest BCUT2D eigenvalue weighted by atomic mass is 32.1. The van der Waals surface area contributed by atoms with Gasteiger partial charge in [0.25, 0.3) is 0 Å². The molecule has 1 aromatic rings. The summed E-state index contributed by atoms with van der Waals surface area (Å²) in [4.78, 5) is 13.4. The van der Waals surface area contributed by atoms with Gasteiger partial charge in [-0.05, 0) is 30.8 Å². The number of nitrogens with one attached hydrogen (secondary N) is 1. The van der Waals surface area contributed by atoms with Crippen molar-refractivity contribution in [3.05, 3.63) is 22.4 Å². The number of Topliss-reactive ketones (excluding diaryl/α,β-unsaturated/α-hetero) is 1. The molecule has 1 N–H and O–H groups in total. The highest BCUT2D eigenvalue weighted by Gasteiger charge is 2.38. The van der Waals surface area contributed by atoms with E-state index < -0.39 is 0 Å². The van der Waals surface area contributed by atoms with Crippen LogP contribution in [0.15, 0.2) is 17.5 Å². The van der Waals surface area contributed by atoms with Crippen molar-refractivity contribution in [3.8, 4) is 0 Å². The van der Waals surface area contributed by atoms with Gasteiger partial charge in [-0.15, -0.1) is 11.3 Å². The van der Waals surface area contributed by atoms with Gasteiger partial charge in [-0.2, -0.15) is 0 Å². The lowest BCUT2D eigenvalue weighted by Crippen LogP contribution is -2.33. The average molecular weight is 223 g/mol. The molecule has 1 saturated heterocycles. The molecule has 2 heterocycles. The maximum atomic E-state index is 12.2. The molecule has 0 amide bonds. The van der Waals surface area contributed by atoms with E-state index in [4.69, 9.17) is 0 Å². The normalized spacial score (nSPS) is 25.7. The molecule has 0 aromatic carbocycles. The summed E-state index contributed by atoms with van der Waals surface area (Å²) in [6.07, 6.45) is 2.59. The van der Waals surface area contributed by atoms with Gasteiger partial charge in [0.05, 0.1) is 0 Å². The van der Waals surface area contributed by atoms with Crippen LogP contribution in [-0.2, 0) is 11.2 Å². The summed E-state index contributed by atoms with van der Waals surface area (Å²) in [5.41, 5.74) is -0.0794. The van der Waals surface area contributed by atoms with Crippen LogP contribution in [0.1, 0.15) is 24.6 Å². The van der Waals surface area contributed by atoms with E-state index in [9.17, 15) is 4.79 Å². The number of thiophene rings is 1. The van der Waals surface area contributed by atoms with Crippen LogP contribution in [0.25, 0.3) is 0 Å². The van der Waals surface area contributed by atoms with Gasteiger partial charge in [0, 0.05) is 23.3 Å². The van der Waals surface area contributed by atoms with Crippen LogP contribution in [0.5, 0.6) is 0 Å². The molecular formula is C12H17NOS. The monoisotopic (exact) mass is 223 g/mol. The Hall–Kier alpha value is -0.670. The first-order chi connectivity index (χ1) is 7.27. The van der Waals surface area contributed by atoms with E-state index in [0.717, 1.165) is 25.9 Å². The lowest BCUT2D eigenvalue weighted by Gasteiger charge is -2.24. The van der Waals surface area contributed by atoms with Gasteiger partial charge in [-0.3, -0.25) is 4.79 Å². The summed E-state index contributed by atoms with van der Waals surface area (Å²) < 4.78 is 0. The molecule has 2 rings (SSSR count). The van der Waals surface area contributed by atoms with Crippen LogP contribution in [0.3, 0.4) is 0 Å². The standard InChI is InChI=1S/C12H17NOS/c1-2-12(5-6-13-9-12)11(14)8-10-4-3-7-15-10/h3-4,7,13H,2,5-6,8-9H2,1H3. The van der Waals surface area contributed by atoms with Crippen LogP contribution in [-0.4, -0.2) is 18.9 Å². The van der Waals surface area contributed by atoms with Crippen LogP contribution >= 0.6 is 11.3 Å². The maximum Gasteiger partial charge on any atom is 0.145 e. The van der Waals surface area contributed by atoms with Crippen molar-refractivity contribution < 1.29 is 4.79 Å². The zero-order chi connectivity index (χ0) is 10.7. The number of ketones is 1. The number of hydrogen-bond donors (Lipinski definition) is 1. The van der Waals surface area contributed by atoms with Crippen molar-refractivity contribution in [3.63, 3.8) is 0 Å². The molecule has 0 bridgehead atoms. The van der Waals surface area contributed by atoms with E-state index >= 15 is 0 Å². The molecule has 82 valence electrons. The molecule has 1 fully saturated rings. The number of hydrogen-bond acceptors (Lipinski definition) is 3. The summed E-state index contributed by atoms with van der Waals surface area (Å²) in [6.45, 7) is 3.98. The van der Waals surface area contributed by atoms with Gasteiger partial charge in [0.15, 0.2) is 0 Å². The summed E-state index contributed by atoms with van der Waals surface area (Å²) in [5.74, 6) is 0.414. The first-order valence-corrected chi connectivity index (χ1v) is 6.41. The van der Waals surface area contributed by atoms with E-state index in [0.29, 0.717) is 12.2 Å². The Kier molecular flexibility index (Phi) is 3.22. The van der Waals surface area contributed by atoms with Gasteiger partial charge in [0.1, 0.15) is 5.78 Å². The third kappa shape index (κ3) is 2.13. The Morgan fingerprint density at radius 3 is 3.07 bits per heavy atom. The third-order valence-corrected chi connectivity index (χ3v) is 4.30. The summed E-state index contributed by atoms with van der Waals surface area (Å²) in [5, 5.41) is 5.34. The molecule has 1 aliphatic rings. The fourth-order valence-electron chi connectivity index (χ4n) is 2.24. The molecule has 15 heavy (non-hydrogen) atoms. The third-order valence-electron chi connectivity index (χ3n) is 3.43. The van der Waals surface area contributed by atoms with Crippen molar-refractivity contribution in [2.75, 3.05) is 13.1 Å². The Morgan fingerprint density at radius 1 is 1.67 bits per heavy atom. The Bertz CT molecular complexity index is 325. The highest BCUT2D eigenvalue weighted by Crippen LogP contribution is 2.32. The summed E-state index contributed by atoms with van der Waals surface area (Å²) in [7, 11) is 0. The van der Waals surface area contributed by atoms with Crippen molar-refractivity contribution in [1.29, 1.82) is 0 Å². The molecule has 3 heteroatoms. The van der Waals surface area contributed by atoms with Gasteiger partial charge < -0.3 is 5.32 Å². The molecule has 1 aliphatic heterocycles. The smallest absolute Gasteiger partial charge is 0.145 e. The van der Waals surface area contributed by atoms with Gasteiger partial charge in [-0.1, -0.05) is 13.0 Å². The Labute approximate surface area is 94.7 Å². The van der Waals surface area contributed by atoms with E-state index in [1.165, 1.54) is 4.88 Å². The van der Waals surface area contributed by atoms with Gasteiger partial charge in [0.2, 0.25) is 0 Å². The minimum Gasteiger partial charge on any atom is -0.316 e. The summed E-state index contributed by atoms with van der Waals surface area (Å²) in [6, 6.07) is 4.06. The van der Waals surface area contributed by atoms with E-state index in [1.807, 2.05) is 17.5 Å². The number of carbonyl (C=O) groups is 1. The topological polar surface area (TPSA) is 29.1 Å². The van der Waals surface area contributed by atoms with E-state index in [-0.39, 0.29) is 5.41 Å². The second-order valence-corrected chi connectivity index (χ2v) is 5.27. The predicted molar refractivity (Wildman–Crippen MR) is 63.2 cm³/mol. The average Bonchev–Trinajstić information content (AvgIpc) is 2.87. The predicted octanol–water partition coefficient (Wildman–Crippen LogP) is 2.25. The van der Waals surface area contributed by atoms with Crippen molar-refractivity contribution >= 4 is 17.1 Å². The fraction of sp³-hybridized carbons (Fsp3) is 0.583. The second-order valence-electron chi connectivity index (χ2n) is 4.24. The van der Waals surface area contributed by atoms with E-state index in [2.05, 4.69) is 12.2 Å². The van der Waals surface area contributed by atoms with Crippen molar-refractivity contribution in [2.24, 2.45) is 5.41 Å². The molecule has 1 unspecified atom stereocenters. The quantitative estimate of drug-likeness (QED) is 0.848. The molecule has 0 radical (unpaired) electrons. The summed E-state index contributed by atoms with van der Waals surface area (Å²) >= 11 is 1.68. The molecule has 0 aliphatic carbocycles. The molecule has 1 atom stereocenters. The van der Waals surface area contributed by atoms with Crippen molar-refractivity contribution in [1.82, 2.24) is 5.32 Å². The fourth-order valence-corrected chi connectivity index (χ4v) is 2.94. The lowest BCUT2D eigenvalue weighted by molar-refractivity contribution is -0.127. The largest absolute Gasteiger partial charge is 0.316 e. The first kappa shape index (κ1) is 10.8. The van der Waals surface area contributed by atoms with Crippen molar-refractivity contribution in [2.45, 2.75) is 26.2 Å². The minimum atomic E-state index is -0.0794. The van der Waals surface area contributed by atoms with E-state index in [1.54, 1.807) is 11.3 Å². The lowest BCUT2D eigenvalue weighted by atomic mass is 9.78. The van der Waals surface area contributed by atoms with Crippen LogP contribution < -0.4 is 5.32 Å². The minimum absolute atomic E-state index is 0.0794. The zero-order valence-corrected chi connectivity index (χ0v) is 9.90. The molecule has 1 aromatic heterocycles. The second kappa shape index (κ2) is 4.45. The van der Waals surface area contributed by atoms with Crippen LogP contribution in [0, 0.1) is 5.41 Å². The SMILES string of the molecule is CCC1(C(=O)Cc2cccs2)CCNC1.